The Morgan fingerprint density at radius 2 is 2.19 bits per heavy atom. The molecule has 1 aromatic rings. The number of alkyl halides is 3. The second-order valence-electron chi connectivity index (χ2n) is 3.06. The monoisotopic (exact) mass is 251 g/mol. The second-order valence-corrected chi connectivity index (χ2v) is 3.32. The van der Waals surface area contributed by atoms with Gasteiger partial charge in [-0.1, -0.05) is 0 Å². The Morgan fingerprint density at radius 1 is 1.56 bits per heavy atom. The predicted molar refractivity (Wildman–Crippen MR) is 52.9 cm³/mol. The quantitative estimate of drug-likeness (QED) is 0.800. The summed E-state index contributed by atoms with van der Waals surface area (Å²) in [6.45, 7) is 0. The molecule has 0 aliphatic carbocycles. The maximum atomic E-state index is 12.5. The van der Waals surface area contributed by atoms with E-state index in [-0.39, 0.29) is 17.0 Å². The number of nitrogens with one attached hydrogen (secondary N) is 1. The van der Waals surface area contributed by atoms with Gasteiger partial charge >= 0.3 is 5.97 Å². The third kappa shape index (κ3) is 2.79. The van der Waals surface area contributed by atoms with Crippen molar-refractivity contribution >= 4 is 17.6 Å². The number of hydrogen-bond donors (Lipinski definition) is 2. The van der Waals surface area contributed by atoms with E-state index in [1.54, 1.807) is 0 Å². The Kier molecular flexibility index (Phi) is 4.00. The smallest absolute Gasteiger partial charge is 0.307 e. The van der Waals surface area contributed by atoms with Gasteiger partial charge in [0.15, 0.2) is 0 Å². The molecule has 0 saturated carbocycles. The summed E-state index contributed by atoms with van der Waals surface area (Å²) in [7, 11) is 0. The van der Waals surface area contributed by atoms with Crippen LogP contribution >= 0.6 is 11.6 Å². The van der Waals surface area contributed by atoms with E-state index >= 15 is 0 Å². The molecular weight excluding hydrogens is 244 g/mol. The molecule has 1 aromatic heterocycles. The van der Waals surface area contributed by atoms with E-state index in [0.717, 1.165) is 6.07 Å². The molecule has 2 N–H and O–H groups in total. The van der Waals surface area contributed by atoms with Crippen LogP contribution in [0.4, 0.5) is 8.78 Å². The number of rotatable bonds is 4. The molecule has 0 bridgehead atoms. The minimum absolute atomic E-state index is 0.0153. The van der Waals surface area contributed by atoms with Crippen molar-refractivity contribution < 1.29 is 18.7 Å². The number of pyridine rings is 1. The van der Waals surface area contributed by atoms with Gasteiger partial charge in [0.1, 0.15) is 0 Å². The molecular formula is C9H8ClF2NO3. The minimum Gasteiger partial charge on any atom is -0.481 e. The summed E-state index contributed by atoms with van der Waals surface area (Å²) in [6.07, 6.45) is -3.40. The van der Waals surface area contributed by atoms with E-state index in [9.17, 15) is 18.4 Å². The van der Waals surface area contributed by atoms with E-state index < -0.39 is 30.1 Å². The SMILES string of the molecule is O=C(O)Cc1cc(=O)[nH]c(C(F)F)c1CCl. The molecule has 0 radical (unpaired) electrons. The van der Waals surface area contributed by atoms with Gasteiger partial charge in [-0.05, 0) is 11.1 Å². The standard InChI is InChI=1S/C9H8ClF2NO3/c10-3-5-4(2-7(15)16)1-6(14)13-8(5)9(11)12/h1,9H,2-3H2,(H,13,14)(H,15,16). The largest absolute Gasteiger partial charge is 0.481 e. The number of aromatic amines is 1. The van der Waals surface area contributed by atoms with Crippen LogP contribution in [0, 0.1) is 0 Å². The Labute approximate surface area is 93.9 Å². The molecule has 1 heterocycles. The van der Waals surface area contributed by atoms with E-state index in [0.29, 0.717) is 0 Å². The highest BCUT2D eigenvalue weighted by molar-refractivity contribution is 6.17. The van der Waals surface area contributed by atoms with Crippen molar-refractivity contribution in [1.82, 2.24) is 4.98 Å². The lowest BCUT2D eigenvalue weighted by Crippen LogP contribution is -2.16. The van der Waals surface area contributed by atoms with Gasteiger partial charge in [-0.25, -0.2) is 8.78 Å². The Hall–Kier alpha value is -1.43. The Morgan fingerprint density at radius 3 is 2.62 bits per heavy atom. The fourth-order valence-corrected chi connectivity index (χ4v) is 1.64. The van der Waals surface area contributed by atoms with Crippen LogP contribution in [-0.2, 0) is 17.1 Å². The summed E-state index contributed by atoms with van der Waals surface area (Å²) in [5.41, 5.74) is -1.39. The van der Waals surface area contributed by atoms with Crippen LogP contribution in [0.1, 0.15) is 23.2 Å². The predicted octanol–water partition coefficient (Wildman–Crippen LogP) is 1.68. The molecule has 0 aliphatic rings. The maximum Gasteiger partial charge on any atom is 0.307 e. The van der Waals surface area contributed by atoms with Gasteiger partial charge < -0.3 is 10.1 Å². The summed E-state index contributed by atoms with van der Waals surface area (Å²) in [5, 5.41) is 8.56. The molecule has 1 rings (SSSR count). The zero-order valence-electron chi connectivity index (χ0n) is 7.97. The van der Waals surface area contributed by atoms with Crippen LogP contribution in [0.5, 0.6) is 0 Å². The number of aromatic nitrogens is 1. The summed E-state index contributed by atoms with van der Waals surface area (Å²) in [5.74, 6) is -1.49. The van der Waals surface area contributed by atoms with Crippen molar-refractivity contribution in [2.75, 3.05) is 0 Å². The van der Waals surface area contributed by atoms with Crippen LogP contribution in [0.15, 0.2) is 10.9 Å². The van der Waals surface area contributed by atoms with Gasteiger partial charge in [0, 0.05) is 11.9 Å². The van der Waals surface area contributed by atoms with Gasteiger partial charge in [0.25, 0.3) is 6.43 Å². The lowest BCUT2D eigenvalue weighted by molar-refractivity contribution is -0.136. The van der Waals surface area contributed by atoms with E-state index in [4.69, 9.17) is 16.7 Å². The molecule has 88 valence electrons. The van der Waals surface area contributed by atoms with E-state index in [1.165, 1.54) is 0 Å². The topological polar surface area (TPSA) is 70.2 Å². The molecule has 4 nitrogen and oxygen atoms in total. The third-order valence-electron chi connectivity index (χ3n) is 1.97. The van der Waals surface area contributed by atoms with Crippen LogP contribution in [0.25, 0.3) is 0 Å². The average molecular weight is 252 g/mol. The van der Waals surface area contributed by atoms with E-state index in [2.05, 4.69) is 0 Å². The van der Waals surface area contributed by atoms with Gasteiger partial charge in [0.2, 0.25) is 5.56 Å². The first kappa shape index (κ1) is 12.6. The highest BCUT2D eigenvalue weighted by Gasteiger charge is 2.18. The first-order valence-corrected chi connectivity index (χ1v) is 4.80. The summed E-state index contributed by atoms with van der Waals surface area (Å²) >= 11 is 5.47. The molecule has 0 atom stereocenters. The van der Waals surface area contributed by atoms with Crippen LogP contribution < -0.4 is 5.56 Å². The highest BCUT2D eigenvalue weighted by atomic mass is 35.5. The molecule has 16 heavy (non-hydrogen) atoms. The molecule has 0 saturated heterocycles. The molecule has 0 unspecified atom stereocenters. The first-order chi connectivity index (χ1) is 7.45. The molecule has 0 aliphatic heterocycles. The van der Waals surface area contributed by atoms with Crippen molar-refractivity contribution in [1.29, 1.82) is 0 Å². The normalized spacial score (nSPS) is 10.8. The summed E-state index contributed by atoms with van der Waals surface area (Å²) in [4.78, 5) is 23.5. The van der Waals surface area contributed by atoms with Gasteiger partial charge in [-0.3, -0.25) is 9.59 Å². The van der Waals surface area contributed by atoms with Crippen molar-refractivity contribution in [3.8, 4) is 0 Å². The van der Waals surface area contributed by atoms with Crippen LogP contribution in [-0.4, -0.2) is 16.1 Å². The number of H-pyrrole nitrogens is 1. The van der Waals surface area contributed by atoms with Gasteiger partial charge in [0.05, 0.1) is 12.1 Å². The fraction of sp³-hybridized carbons (Fsp3) is 0.333. The lowest BCUT2D eigenvalue weighted by Gasteiger charge is -2.10. The number of carboxylic acid groups (broad SMARTS) is 1. The molecule has 7 heteroatoms. The molecule has 0 fully saturated rings. The minimum atomic E-state index is -2.89. The highest BCUT2D eigenvalue weighted by Crippen LogP contribution is 2.23. The maximum absolute atomic E-state index is 12.5. The zero-order valence-corrected chi connectivity index (χ0v) is 8.72. The second kappa shape index (κ2) is 5.07. The molecule has 0 aromatic carbocycles. The molecule has 0 amide bonds. The van der Waals surface area contributed by atoms with Crippen molar-refractivity contribution in [3.63, 3.8) is 0 Å². The number of aliphatic carboxylic acids is 1. The number of hydrogen-bond acceptors (Lipinski definition) is 2. The number of halogens is 3. The fourth-order valence-electron chi connectivity index (χ4n) is 1.33. The van der Waals surface area contributed by atoms with Crippen molar-refractivity contribution in [2.45, 2.75) is 18.7 Å². The summed E-state index contributed by atoms with van der Waals surface area (Å²) in [6, 6.07) is 0.970. The van der Waals surface area contributed by atoms with Crippen LogP contribution in [0.2, 0.25) is 0 Å². The zero-order chi connectivity index (χ0) is 12.3. The lowest BCUT2D eigenvalue weighted by atomic mass is 10.1. The Balaban J connectivity index is 3.35. The van der Waals surface area contributed by atoms with Crippen molar-refractivity contribution in [2.24, 2.45) is 0 Å². The van der Waals surface area contributed by atoms with Crippen LogP contribution in [0.3, 0.4) is 0 Å². The summed E-state index contributed by atoms with van der Waals surface area (Å²) < 4.78 is 25.1. The average Bonchev–Trinajstić information content (AvgIpc) is 2.15. The van der Waals surface area contributed by atoms with Gasteiger partial charge in [-0.15, -0.1) is 11.6 Å². The molecule has 0 spiro atoms. The third-order valence-corrected chi connectivity index (χ3v) is 2.24. The van der Waals surface area contributed by atoms with Gasteiger partial charge in [-0.2, -0.15) is 0 Å². The van der Waals surface area contributed by atoms with Crippen molar-refractivity contribution in [3.05, 3.63) is 33.2 Å². The number of carbonyl (C=O) groups is 1. The number of carboxylic acids is 1. The van der Waals surface area contributed by atoms with E-state index in [1.807, 2.05) is 4.98 Å². The Bertz CT molecular complexity index is 459. The first-order valence-electron chi connectivity index (χ1n) is 4.26.